The van der Waals surface area contributed by atoms with Gasteiger partial charge in [0.05, 0.1) is 16.8 Å². The average Bonchev–Trinajstić information content (AvgIpc) is 3.78. The Morgan fingerprint density at radius 3 is 1.72 bits per heavy atom. The summed E-state index contributed by atoms with van der Waals surface area (Å²) in [4.78, 5) is 2.47. The first-order chi connectivity index (χ1) is 28.0. The molecule has 11 rings (SSSR count). The highest BCUT2D eigenvalue weighted by atomic mass is 16.3. The lowest BCUT2D eigenvalue weighted by molar-refractivity contribution is 0.660. The molecule has 57 heavy (non-hydrogen) atoms. The molecule has 0 unspecified atom stereocenters. The third-order valence-corrected chi connectivity index (χ3v) is 12.1. The van der Waals surface area contributed by atoms with Crippen molar-refractivity contribution in [3.63, 3.8) is 0 Å². The van der Waals surface area contributed by atoms with Crippen molar-refractivity contribution in [2.45, 2.75) is 19.3 Å². The normalized spacial score (nSPS) is 12.9. The molecule has 0 saturated carbocycles. The largest absolute Gasteiger partial charge is 0.455 e. The third-order valence-electron chi connectivity index (χ3n) is 12.1. The van der Waals surface area contributed by atoms with E-state index >= 15 is 0 Å². The Morgan fingerprint density at radius 2 is 0.982 bits per heavy atom. The Bertz CT molecular complexity index is 3120. The molecule has 0 radical (unpaired) electrons. The van der Waals surface area contributed by atoms with Crippen LogP contribution < -0.4 is 4.90 Å². The highest BCUT2D eigenvalue weighted by Crippen LogP contribution is 2.55. The van der Waals surface area contributed by atoms with E-state index in [2.05, 4.69) is 219 Å². The fourth-order valence-corrected chi connectivity index (χ4v) is 9.29. The van der Waals surface area contributed by atoms with Crippen molar-refractivity contribution in [1.29, 1.82) is 0 Å². The molecule has 2 heteroatoms. The van der Waals surface area contributed by atoms with E-state index in [9.17, 15) is 0 Å². The Morgan fingerprint density at radius 1 is 0.421 bits per heavy atom. The van der Waals surface area contributed by atoms with Crippen LogP contribution in [0.3, 0.4) is 0 Å². The predicted octanol–water partition coefficient (Wildman–Crippen LogP) is 15.5. The van der Waals surface area contributed by atoms with Gasteiger partial charge in [-0.05, 0) is 91.7 Å². The summed E-state index contributed by atoms with van der Waals surface area (Å²) < 4.78 is 7.06. The highest BCUT2D eigenvalue weighted by molar-refractivity contribution is 6.26. The van der Waals surface area contributed by atoms with Gasteiger partial charge < -0.3 is 9.32 Å². The van der Waals surface area contributed by atoms with Crippen LogP contribution in [0.25, 0.3) is 77.2 Å². The molecule has 10 aromatic rings. The number of fused-ring (bicyclic) bond motifs is 8. The zero-order chi connectivity index (χ0) is 38.1. The summed E-state index contributed by atoms with van der Waals surface area (Å²) >= 11 is 0. The van der Waals surface area contributed by atoms with Gasteiger partial charge in [-0.1, -0.05) is 178 Å². The van der Waals surface area contributed by atoms with Crippen LogP contribution in [0.1, 0.15) is 25.0 Å². The van der Waals surface area contributed by atoms with E-state index in [-0.39, 0.29) is 5.41 Å². The molecule has 1 aromatic heterocycles. The van der Waals surface area contributed by atoms with Gasteiger partial charge in [0.2, 0.25) is 0 Å². The molecule has 1 aliphatic carbocycles. The third kappa shape index (κ3) is 5.25. The van der Waals surface area contributed by atoms with E-state index in [0.29, 0.717) is 0 Å². The van der Waals surface area contributed by atoms with Gasteiger partial charge in [-0.3, -0.25) is 0 Å². The van der Waals surface area contributed by atoms with Crippen molar-refractivity contribution in [1.82, 2.24) is 0 Å². The molecular formula is C55H39NO. The Kier molecular flexibility index (Phi) is 7.55. The van der Waals surface area contributed by atoms with Crippen molar-refractivity contribution < 1.29 is 4.42 Å². The van der Waals surface area contributed by atoms with Crippen LogP contribution in [-0.2, 0) is 5.41 Å². The highest BCUT2D eigenvalue weighted by Gasteiger charge is 2.38. The van der Waals surface area contributed by atoms with Gasteiger partial charge in [-0.25, -0.2) is 0 Å². The fraction of sp³-hybridized carbons (Fsp3) is 0.0545. The summed E-state index contributed by atoms with van der Waals surface area (Å²) in [6.45, 7) is 4.70. The van der Waals surface area contributed by atoms with Crippen molar-refractivity contribution >= 4 is 49.8 Å². The zero-order valence-corrected chi connectivity index (χ0v) is 31.9. The average molecular weight is 730 g/mol. The molecule has 1 aliphatic rings. The smallest absolute Gasteiger partial charge is 0.143 e. The molecule has 0 amide bonds. The number of anilines is 3. The van der Waals surface area contributed by atoms with Crippen molar-refractivity contribution in [3.8, 4) is 44.5 Å². The van der Waals surface area contributed by atoms with E-state index < -0.39 is 0 Å². The van der Waals surface area contributed by atoms with E-state index in [1.807, 2.05) is 0 Å². The number of benzene rings is 9. The van der Waals surface area contributed by atoms with Crippen LogP contribution in [0.2, 0.25) is 0 Å². The minimum absolute atomic E-state index is 0.139. The van der Waals surface area contributed by atoms with Crippen LogP contribution in [0.5, 0.6) is 0 Å². The summed E-state index contributed by atoms with van der Waals surface area (Å²) in [5.41, 5.74) is 17.2. The first kappa shape index (κ1) is 33.2. The van der Waals surface area contributed by atoms with E-state index in [1.54, 1.807) is 0 Å². The summed E-state index contributed by atoms with van der Waals surface area (Å²) in [6, 6.07) is 72.4. The topological polar surface area (TPSA) is 16.4 Å². The van der Waals surface area contributed by atoms with Crippen LogP contribution in [-0.4, -0.2) is 0 Å². The van der Waals surface area contributed by atoms with Crippen LogP contribution >= 0.6 is 0 Å². The molecule has 1 heterocycles. The summed E-state index contributed by atoms with van der Waals surface area (Å²) in [5, 5.41) is 4.58. The number of hydrogen-bond donors (Lipinski definition) is 0. The monoisotopic (exact) mass is 729 g/mol. The fourth-order valence-electron chi connectivity index (χ4n) is 9.29. The molecule has 0 fully saturated rings. The molecule has 9 aromatic carbocycles. The van der Waals surface area contributed by atoms with E-state index in [0.717, 1.165) is 50.1 Å². The van der Waals surface area contributed by atoms with Gasteiger partial charge in [-0.2, -0.15) is 0 Å². The quantitative estimate of drug-likeness (QED) is 0.169. The van der Waals surface area contributed by atoms with E-state index in [1.165, 1.54) is 55.3 Å². The maximum Gasteiger partial charge on any atom is 0.143 e. The number of furan rings is 1. The Labute approximate surface area is 332 Å². The van der Waals surface area contributed by atoms with Gasteiger partial charge >= 0.3 is 0 Å². The van der Waals surface area contributed by atoms with Crippen LogP contribution in [0.4, 0.5) is 17.1 Å². The second-order valence-electron chi connectivity index (χ2n) is 15.7. The minimum Gasteiger partial charge on any atom is -0.455 e. The second kappa shape index (κ2) is 13.0. The Hall–Kier alpha value is -7.16. The zero-order valence-electron chi connectivity index (χ0n) is 31.9. The van der Waals surface area contributed by atoms with Gasteiger partial charge in [0, 0.05) is 27.6 Å². The van der Waals surface area contributed by atoms with Gasteiger partial charge in [0.15, 0.2) is 0 Å². The summed E-state index contributed by atoms with van der Waals surface area (Å²) in [5.74, 6) is 0. The van der Waals surface area contributed by atoms with Crippen LogP contribution in [0, 0.1) is 0 Å². The second-order valence-corrected chi connectivity index (χ2v) is 15.7. The molecule has 270 valence electrons. The number of rotatable bonds is 6. The van der Waals surface area contributed by atoms with Crippen molar-refractivity contribution in [3.05, 3.63) is 211 Å². The first-order valence-corrected chi connectivity index (χ1v) is 19.8. The summed E-state index contributed by atoms with van der Waals surface area (Å²) in [6.07, 6.45) is 0. The maximum atomic E-state index is 7.06. The molecule has 0 atom stereocenters. The van der Waals surface area contributed by atoms with Crippen LogP contribution in [0.15, 0.2) is 205 Å². The number of nitrogens with zero attached hydrogens (tertiary/aromatic N) is 1. The molecule has 0 spiro atoms. The standard InChI is InChI=1S/C55H39NO/c1-55(2)46-22-12-11-21-44(46)51-47(55)23-13-24-48(51)56(42-33-31-39(32-34-42)37-17-7-4-8-18-37)49-25-14-26-50-53(49)52-43-20-10-9-19-41(43)35-45(54(52)57-50)40-29-27-38(28-30-40)36-15-5-3-6-16-36/h3-35H,1-2H3. The minimum atomic E-state index is -0.139. The van der Waals surface area contributed by atoms with Crippen molar-refractivity contribution in [2.75, 3.05) is 4.90 Å². The molecule has 0 bridgehead atoms. The molecule has 0 aliphatic heterocycles. The SMILES string of the molecule is CC1(C)c2ccccc2-c2c(N(c3ccc(-c4ccccc4)cc3)c3cccc4oc5c(-c6ccc(-c7ccccc7)cc6)cc6ccccc6c5c34)cccc21. The van der Waals surface area contributed by atoms with Gasteiger partial charge in [0.25, 0.3) is 0 Å². The first-order valence-electron chi connectivity index (χ1n) is 19.8. The van der Waals surface area contributed by atoms with Gasteiger partial charge in [-0.15, -0.1) is 0 Å². The predicted molar refractivity (Wildman–Crippen MR) is 240 cm³/mol. The van der Waals surface area contributed by atoms with Gasteiger partial charge in [0.1, 0.15) is 11.2 Å². The molecule has 0 saturated heterocycles. The van der Waals surface area contributed by atoms with Crippen molar-refractivity contribution in [2.24, 2.45) is 0 Å². The summed E-state index contributed by atoms with van der Waals surface area (Å²) in [7, 11) is 0. The lowest BCUT2D eigenvalue weighted by Gasteiger charge is -2.29. The van der Waals surface area contributed by atoms with E-state index in [4.69, 9.17) is 4.42 Å². The maximum absolute atomic E-state index is 7.06. The molecule has 2 nitrogen and oxygen atoms in total. The molecular weight excluding hydrogens is 691 g/mol. The number of hydrogen-bond acceptors (Lipinski definition) is 2. The molecule has 0 N–H and O–H groups in total. The lowest BCUT2D eigenvalue weighted by Crippen LogP contribution is -2.16. The lowest BCUT2D eigenvalue weighted by atomic mass is 9.82. The Balaban J connectivity index is 1.19.